The van der Waals surface area contributed by atoms with Gasteiger partial charge in [-0.25, -0.2) is 4.98 Å². The SMILES string of the molecule is Brc1cccc(OCC2CCCNC2)n1.Cl. The summed E-state index contributed by atoms with van der Waals surface area (Å²) in [4.78, 5) is 4.23. The molecule has 0 radical (unpaired) electrons. The topological polar surface area (TPSA) is 34.1 Å². The van der Waals surface area contributed by atoms with Gasteiger partial charge >= 0.3 is 0 Å². The number of nitrogens with zero attached hydrogens (tertiary/aromatic N) is 1. The Bertz CT molecular complexity index is 319. The van der Waals surface area contributed by atoms with Crippen LogP contribution in [0.4, 0.5) is 0 Å². The third kappa shape index (κ3) is 4.28. The molecule has 5 heteroatoms. The van der Waals surface area contributed by atoms with Crippen molar-refractivity contribution in [3.63, 3.8) is 0 Å². The van der Waals surface area contributed by atoms with E-state index >= 15 is 0 Å². The molecule has 0 bridgehead atoms. The molecule has 1 aromatic rings. The van der Waals surface area contributed by atoms with Gasteiger partial charge in [0.25, 0.3) is 0 Å². The second kappa shape index (κ2) is 7.09. The average Bonchev–Trinajstić information content (AvgIpc) is 2.28. The van der Waals surface area contributed by atoms with Gasteiger partial charge in [-0.15, -0.1) is 12.4 Å². The molecule has 16 heavy (non-hydrogen) atoms. The zero-order valence-electron chi connectivity index (χ0n) is 8.99. The maximum Gasteiger partial charge on any atom is 0.214 e. The molecule has 1 aliphatic heterocycles. The van der Waals surface area contributed by atoms with Gasteiger partial charge in [0.15, 0.2) is 0 Å². The molecule has 1 aliphatic rings. The van der Waals surface area contributed by atoms with Crippen LogP contribution in [0, 0.1) is 5.92 Å². The Morgan fingerprint density at radius 2 is 2.38 bits per heavy atom. The second-order valence-corrected chi connectivity index (χ2v) is 4.63. The number of ether oxygens (including phenoxy) is 1. The Hall–Kier alpha value is -0.320. The lowest BCUT2D eigenvalue weighted by Gasteiger charge is -2.22. The summed E-state index contributed by atoms with van der Waals surface area (Å²) >= 11 is 3.32. The molecule has 0 spiro atoms. The lowest BCUT2D eigenvalue weighted by molar-refractivity contribution is 0.212. The standard InChI is InChI=1S/C11H15BrN2O.ClH/c12-10-4-1-5-11(14-10)15-8-9-3-2-6-13-7-9;/h1,4-5,9,13H,2-3,6-8H2;1H. The number of hydrogen-bond acceptors (Lipinski definition) is 3. The zero-order chi connectivity index (χ0) is 10.5. The van der Waals surface area contributed by atoms with E-state index in [1.165, 1.54) is 12.8 Å². The highest BCUT2D eigenvalue weighted by Crippen LogP contribution is 2.15. The van der Waals surface area contributed by atoms with Crippen LogP contribution in [-0.4, -0.2) is 24.7 Å². The zero-order valence-corrected chi connectivity index (χ0v) is 11.4. The first-order valence-electron chi connectivity index (χ1n) is 5.30. The van der Waals surface area contributed by atoms with Gasteiger partial charge in [-0.05, 0) is 41.4 Å². The predicted octanol–water partition coefficient (Wildman–Crippen LogP) is 2.64. The molecule has 1 atom stereocenters. The van der Waals surface area contributed by atoms with Crippen LogP contribution in [0.2, 0.25) is 0 Å². The van der Waals surface area contributed by atoms with Crippen LogP contribution in [0.5, 0.6) is 5.88 Å². The lowest BCUT2D eigenvalue weighted by atomic mass is 10.0. The Kier molecular flexibility index (Phi) is 6.09. The average molecular weight is 308 g/mol. The van der Waals surface area contributed by atoms with Crippen molar-refractivity contribution in [3.05, 3.63) is 22.8 Å². The number of halogens is 2. The molecule has 2 rings (SSSR count). The first kappa shape index (κ1) is 13.7. The highest BCUT2D eigenvalue weighted by atomic mass is 79.9. The molecule has 0 amide bonds. The summed E-state index contributed by atoms with van der Waals surface area (Å²) in [6.07, 6.45) is 2.50. The summed E-state index contributed by atoms with van der Waals surface area (Å²) in [6, 6.07) is 5.72. The highest BCUT2D eigenvalue weighted by molar-refractivity contribution is 9.10. The molecular formula is C11H16BrClN2O. The fraction of sp³-hybridized carbons (Fsp3) is 0.545. The molecule has 1 saturated heterocycles. The summed E-state index contributed by atoms with van der Waals surface area (Å²) < 4.78 is 6.47. The van der Waals surface area contributed by atoms with Gasteiger partial charge in [0.1, 0.15) is 4.60 Å². The van der Waals surface area contributed by atoms with E-state index in [0.717, 1.165) is 24.3 Å². The summed E-state index contributed by atoms with van der Waals surface area (Å²) in [5.41, 5.74) is 0. The van der Waals surface area contributed by atoms with E-state index in [0.29, 0.717) is 11.8 Å². The van der Waals surface area contributed by atoms with Crippen molar-refractivity contribution in [1.82, 2.24) is 10.3 Å². The minimum Gasteiger partial charge on any atom is -0.477 e. The van der Waals surface area contributed by atoms with Crippen molar-refractivity contribution >= 4 is 28.3 Å². The summed E-state index contributed by atoms with van der Waals surface area (Å²) in [5, 5.41) is 3.37. The van der Waals surface area contributed by atoms with Crippen LogP contribution in [-0.2, 0) is 0 Å². The van der Waals surface area contributed by atoms with Crippen molar-refractivity contribution in [2.24, 2.45) is 5.92 Å². The summed E-state index contributed by atoms with van der Waals surface area (Å²) in [6.45, 7) is 2.97. The Morgan fingerprint density at radius 1 is 1.50 bits per heavy atom. The molecule has 0 saturated carbocycles. The molecule has 0 aliphatic carbocycles. The quantitative estimate of drug-likeness (QED) is 0.872. The summed E-state index contributed by atoms with van der Waals surface area (Å²) in [5.74, 6) is 1.33. The molecule has 3 nitrogen and oxygen atoms in total. The molecular weight excluding hydrogens is 291 g/mol. The number of pyridine rings is 1. The van der Waals surface area contributed by atoms with E-state index < -0.39 is 0 Å². The van der Waals surface area contributed by atoms with Crippen molar-refractivity contribution < 1.29 is 4.74 Å². The van der Waals surface area contributed by atoms with Crippen LogP contribution in [0.15, 0.2) is 22.8 Å². The Balaban J connectivity index is 0.00000128. The van der Waals surface area contributed by atoms with Gasteiger partial charge in [0, 0.05) is 18.5 Å². The van der Waals surface area contributed by atoms with Gasteiger partial charge in [0.2, 0.25) is 5.88 Å². The molecule has 90 valence electrons. The first-order valence-corrected chi connectivity index (χ1v) is 6.10. The van der Waals surface area contributed by atoms with Crippen LogP contribution < -0.4 is 10.1 Å². The highest BCUT2D eigenvalue weighted by Gasteiger charge is 2.13. The smallest absolute Gasteiger partial charge is 0.214 e. The molecule has 1 fully saturated rings. The minimum atomic E-state index is 0. The van der Waals surface area contributed by atoms with Crippen molar-refractivity contribution in [2.45, 2.75) is 12.8 Å². The van der Waals surface area contributed by atoms with Crippen molar-refractivity contribution in [2.75, 3.05) is 19.7 Å². The molecule has 0 aromatic carbocycles. The fourth-order valence-corrected chi connectivity index (χ4v) is 2.07. The second-order valence-electron chi connectivity index (χ2n) is 3.82. The molecule has 1 aromatic heterocycles. The number of rotatable bonds is 3. The van der Waals surface area contributed by atoms with Gasteiger partial charge in [0.05, 0.1) is 6.61 Å². The monoisotopic (exact) mass is 306 g/mol. The maximum absolute atomic E-state index is 5.65. The Labute approximate surface area is 111 Å². The van der Waals surface area contributed by atoms with Crippen molar-refractivity contribution in [1.29, 1.82) is 0 Å². The van der Waals surface area contributed by atoms with Crippen LogP contribution >= 0.6 is 28.3 Å². The van der Waals surface area contributed by atoms with Gasteiger partial charge in [-0.2, -0.15) is 0 Å². The van der Waals surface area contributed by atoms with E-state index in [4.69, 9.17) is 4.74 Å². The fourth-order valence-electron chi connectivity index (χ4n) is 1.74. The van der Waals surface area contributed by atoms with Gasteiger partial charge in [-0.3, -0.25) is 0 Å². The third-order valence-corrected chi connectivity index (χ3v) is 3.00. The Morgan fingerprint density at radius 3 is 3.06 bits per heavy atom. The van der Waals surface area contributed by atoms with Crippen molar-refractivity contribution in [3.8, 4) is 5.88 Å². The van der Waals surface area contributed by atoms with E-state index in [-0.39, 0.29) is 12.4 Å². The number of piperidine rings is 1. The molecule has 1 unspecified atom stereocenters. The third-order valence-electron chi connectivity index (χ3n) is 2.56. The van der Waals surface area contributed by atoms with E-state index in [1.54, 1.807) is 0 Å². The maximum atomic E-state index is 5.65. The predicted molar refractivity (Wildman–Crippen MR) is 70.3 cm³/mol. The van der Waals surface area contributed by atoms with E-state index in [9.17, 15) is 0 Å². The molecule has 1 N–H and O–H groups in total. The van der Waals surface area contributed by atoms with Gasteiger partial charge < -0.3 is 10.1 Å². The first-order chi connectivity index (χ1) is 7.34. The minimum absolute atomic E-state index is 0. The van der Waals surface area contributed by atoms with Gasteiger partial charge in [-0.1, -0.05) is 6.07 Å². The van der Waals surface area contributed by atoms with Crippen LogP contribution in [0.1, 0.15) is 12.8 Å². The van der Waals surface area contributed by atoms with E-state index in [2.05, 4.69) is 26.2 Å². The van der Waals surface area contributed by atoms with E-state index in [1.807, 2.05) is 18.2 Å². The number of aromatic nitrogens is 1. The van der Waals surface area contributed by atoms with Crippen LogP contribution in [0.25, 0.3) is 0 Å². The number of hydrogen-bond donors (Lipinski definition) is 1. The molecule has 2 heterocycles. The number of nitrogens with one attached hydrogen (secondary N) is 1. The largest absolute Gasteiger partial charge is 0.477 e. The van der Waals surface area contributed by atoms with Crippen LogP contribution in [0.3, 0.4) is 0 Å². The lowest BCUT2D eigenvalue weighted by Crippen LogP contribution is -2.33. The normalized spacial score (nSPS) is 19.9. The summed E-state index contributed by atoms with van der Waals surface area (Å²) in [7, 11) is 0.